The number of aryl methyl sites for hydroxylation is 1. The Morgan fingerprint density at radius 1 is 0.970 bits per heavy atom. The van der Waals surface area contributed by atoms with Crippen molar-refractivity contribution in [2.75, 3.05) is 45.3 Å². The van der Waals surface area contributed by atoms with Crippen LogP contribution in [0.4, 0.5) is 5.69 Å². The summed E-state index contributed by atoms with van der Waals surface area (Å²) in [5.74, 6) is 1.01. The van der Waals surface area contributed by atoms with Crippen LogP contribution in [-0.2, 0) is 4.57 Å². The van der Waals surface area contributed by atoms with E-state index >= 15 is 0 Å². The van der Waals surface area contributed by atoms with Crippen molar-refractivity contribution in [1.82, 2.24) is 4.58 Å². The van der Waals surface area contributed by atoms with E-state index in [4.69, 9.17) is 9.47 Å². The SMILES string of the molecule is Cc1ccccc1C1=c2ccc3c(c2P(=O)(O)c2c1ccc1c2OCCN1C)OCC[N+]=3C. The molecule has 3 aliphatic rings. The van der Waals surface area contributed by atoms with Crippen LogP contribution in [0.15, 0.2) is 48.5 Å². The van der Waals surface area contributed by atoms with Gasteiger partial charge in [0.15, 0.2) is 12.3 Å². The van der Waals surface area contributed by atoms with Gasteiger partial charge in [-0.1, -0.05) is 30.3 Å². The van der Waals surface area contributed by atoms with Crippen molar-refractivity contribution in [2.45, 2.75) is 6.92 Å². The molecule has 0 aromatic heterocycles. The van der Waals surface area contributed by atoms with Crippen LogP contribution in [0.2, 0.25) is 0 Å². The summed E-state index contributed by atoms with van der Waals surface area (Å²) in [4.78, 5) is 13.9. The van der Waals surface area contributed by atoms with E-state index in [1.54, 1.807) is 0 Å². The van der Waals surface area contributed by atoms with Crippen molar-refractivity contribution in [3.8, 4) is 11.5 Å². The number of anilines is 1. The highest BCUT2D eigenvalue weighted by Gasteiger charge is 2.43. The largest absolute Gasteiger partial charge is 0.489 e. The molecule has 1 unspecified atom stereocenters. The number of hydrogen-bond acceptors (Lipinski definition) is 4. The Labute approximate surface area is 192 Å². The molecular weight excluding hydrogens is 435 g/mol. The van der Waals surface area contributed by atoms with Gasteiger partial charge in [-0.05, 0) is 35.8 Å². The van der Waals surface area contributed by atoms with Crippen molar-refractivity contribution in [2.24, 2.45) is 0 Å². The molecule has 3 aromatic rings. The third kappa shape index (κ3) is 2.84. The second kappa shape index (κ2) is 7.21. The molecule has 0 fully saturated rings. The molecular formula is C26H26N2O4P+. The number of benzene rings is 3. The molecule has 33 heavy (non-hydrogen) atoms. The van der Waals surface area contributed by atoms with Crippen LogP contribution in [0.5, 0.6) is 11.5 Å². The Bertz CT molecular complexity index is 1510. The molecule has 3 heterocycles. The molecule has 168 valence electrons. The normalized spacial score (nSPS) is 20.8. The maximum atomic E-state index is 14.4. The van der Waals surface area contributed by atoms with Crippen molar-refractivity contribution in [3.05, 3.63) is 75.8 Å². The van der Waals surface area contributed by atoms with Crippen molar-refractivity contribution in [3.63, 3.8) is 0 Å². The summed E-state index contributed by atoms with van der Waals surface area (Å²) in [6.07, 6.45) is 0. The quantitative estimate of drug-likeness (QED) is 0.435. The zero-order valence-electron chi connectivity index (χ0n) is 19.0. The smallest absolute Gasteiger partial charge is 0.267 e. The van der Waals surface area contributed by atoms with Crippen molar-refractivity contribution < 1.29 is 18.9 Å². The minimum absolute atomic E-state index is 0.377. The molecule has 3 aliphatic heterocycles. The Morgan fingerprint density at radius 2 is 1.76 bits per heavy atom. The molecule has 0 radical (unpaired) electrons. The van der Waals surface area contributed by atoms with Gasteiger partial charge < -0.3 is 19.3 Å². The molecule has 0 bridgehead atoms. The molecule has 0 aliphatic carbocycles. The summed E-state index contributed by atoms with van der Waals surface area (Å²) in [5.41, 5.74) is 4.67. The van der Waals surface area contributed by atoms with Gasteiger partial charge in [0.2, 0.25) is 11.1 Å². The topological polar surface area (TPSA) is 62.0 Å². The van der Waals surface area contributed by atoms with E-state index in [-0.39, 0.29) is 0 Å². The lowest BCUT2D eigenvalue weighted by Crippen LogP contribution is -2.47. The Morgan fingerprint density at radius 3 is 2.58 bits per heavy atom. The summed E-state index contributed by atoms with van der Waals surface area (Å²) < 4.78 is 28.7. The van der Waals surface area contributed by atoms with Gasteiger partial charge in [-0.15, -0.1) is 0 Å². The Kier molecular flexibility index (Phi) is 4.48. The van der Waals surface area contributed by atoms with Gasteiger partial charge in [-0.2, -0.15) is 0 Å². The minimum atomic E-state index is -4.04. The number of hydrogen-bond donors (Lipinski definition) is 1. The maximum Gasteiger partial charge on any atom is 0.267 e. The summed E-state index contributed by atoms with van der Waals surface area (Å²) in [6, 6.07) is 16.1. The fraction of sp³-hybridized carbons (Fsp3) is 0.269. The number of nitrogens with zero attached hydrogens (tertiary/aromatic N) is 2. The van der Waals surface area contributed by atoms with Gasteiger partial charge in [-0.25, -0.2) is 4.58 Å². The van der Waals surface area contributed by atoms with Crippen LogP contribution in [0.25, 0.3) is 5.57 Å². The van der Waals surface area contributed by atoms with E-state index in [0.29, 0.717) is 35.3 Å². The van der Waals surface area contributed by atoms with Crippen LogP contribution < -0.4 is 40.1 Å². The van der Waals surface area contributed by atoms with Gasteiger partial charge in [-0.3, -0.25) is 4.57 Å². The monoisotopic (exact) mass is 461 g/mol. The first-order chi connectivity index (χ1) is 15.9. The van der Waals surface area contributed by atoms with Gasteiger partial charge in [0.1, 0.15) is 20.3 Å². The van der Waals surface area contributed by atoms with Gasteiger partial charge in [0.25, 0.3) is 7.37 Å². The maximum absolute atomic E-state index is 14.4. The van der Waals surface area contributed by atoms with E-state index in [9.17, 15) is 9.46 Å². The molecule has 0 saturated heterocycles. The number of ether oxygens (including phenoxy) is 2. The lowest BCUT2D eigenvalue weighted by Gasteiger charge is -2.34. The first kappa shape index (κ1) is 20.5. The summed E-state index contributed by atoms with van der Waals surface area (Å²) >= 11 is 0. The molecule has 3 aromatic carbocycles. The first-order valence-corrected chi connectivity index (χ1v) is 12.8. The predicted molar refractivity (Wildman–Crippen MR) is 130 cm³/mol. The average molecular weight is 461 g/mol. The molecule has 0 spiro atoms. The van der Waals surface area contributed by atoms with Crippen molar-refractivity contribution in [1.29, 1.82) is 0 Å². The molecule has 1 atom stereocenters. The molecule has 0 saturated carbocycles. The summed E-state index contributed by atoms with van der Waals surface area (Å²) in [5, 5.41) is 2.34. The number of likely N-dealkylation sites (N-methyl/N-ethyl adjacent to an activating group) is 2. The predicted octanol–water partition coefficient (Wildman–Crippen LogP) is 1.12. The fourth-order valence-corrected chi connectivity index (χ4v) is 7.38. The summed E-state index contributed by atoms with van der Waals surface area (Å²) in [7, 11) is -0.0678. The van der Waals surface area contributed by atoms with Crippen LogP contribution in [0, 0.1) is 6.92 Å². The van der Waals surface area contributed by atoms with E-state index in [0.717, 1.165) is 51.6 Å². The Balaban J connectivity index is 1.85. The van der Waals surface area contributed by atoms with Crippen LogP contribution in [0.3, 0.4) is 0 Å². The van der Waals surface area contributed by atoms with E-state index in [1.807, 2.05) is 50.5 Å². The second-order valence-corrected chi connectivity index (χ2v) is 11.0. The first-order valence-electron chi connectivity index (χ1n) is 11.2. The third-order valence-electron chi connectivity index (χ3n) is 6.95. The molecule has 7 heteroatoms. The zero-order valence-corrected chi connectivity index (χ0v) is 19.9. The standard InChI is InChI=1S/C26H25N2O4P/c1-16-6-4-5-7-17(16)22-18-8-10-20-23(31-14-12-27(20)2)25(18)33(29,30)26-19(22)9-11-21-24(26)32-15-13-28(21)3/h4-11H,12-15H2,1-3H3/p+1. The summed E-state index contributed by atoms with van der Waals surface area (Å²) in [6.45, 7) is 4.48. The zero-order chi connectivity index (χ0) is 22.9. The van der Waals surface area contributed by atoms with Crippen molar-refractivity contribution >= 4 is 29.2 Å². The molecule has 6 nitrogen and oxygen atoms in total. The highest BCUT2D eigenvalue weighted by molar-refractivity contribution is 7.74. The fourth-order valence-electron chi connectivity index (χ4n) is 5.22. The lowest BCUT2D eigenvalue weighted by molar-refractivity contribution is 0.282. The van der Waals surface area contributed by atoms with Gasteiger partial charge in [0.05, 0.1) is 22.8 Å². The van der Waals surface area contributed by atoms with Crippen LogP contribution >= 0.6 is 7.37 Å². The second-order valence-electron chi connectivity index (χ2n) is 8.93. The number of rotatable bonds is 1. The van der Waals surface area contributed by atoms with E-state index in [1.165, 1.54) is 0 Å². The lowest BCUT2D eigenvalue weighted by atomic mass is 9.91. The minimum Gasteiger partial charge on any atom is -0.489 e. The molecule has 0 amide bonds. The van der Waals surface area contributed by atoms with Crippen LogP contribution in [-0.4, -0.2) is 45.3 Å². The Hall–Kier alpha value is -3.08. The highest BCUT2D eigenvalue weighted by atomic mass is 31.2. The number of fused-ring (bicyclic) bond motifs is 6. The van der Waals surface area contributed by atoms with Gasteiger partial charge in [0, 0.05) is 23.9 Å². The van der Waals surface area contributed by atoms with E-state index in [2.05, 4.69) is 28.5 Å². The van der Waals surface area contributed by atoms with Crippen LogP contribution in [0.1, 0.15) is 16.7 Å². The third-order valence-corrected chi connectivity index (χ3v) is 9.05. The molecule has 1 N–H and O–H groups in total. The highest BCUT2D eigenvalue weighted by Crippen LogP contribution is 2.50. The van der Waals surface area contributed by atoms with Gasteiger partial charge >= 0.3 is 0 Å². The molecule has 6 rings (SSSR count). The van der Waals surface area contributed by atoms with E-state index < -0.39 is 7.37 Å². The average Bonchev–Trinajstić information content (AvgIpc) is 2.80.